The first kappa shape index (κ1) is 13.2. The molecule has 0 spiro atoms. The third-order valence-electron chi connectivity index (χ3n) is 2.17. The van der Waals surface area contributed by atoms with Crippen molar-refractivity contribution in [2.75, 3.05) is 7.11 Å². The van der Waals surface area contributed by atoms with Gasteiger partial charge in [-0.3, -0.25) is 4.79 Å². The van der Waals surface area contributed by atoms with Crippen molar-refractivity contribution in [2.45, 2.75) is 38.6 Å². The molecule has 0 aliphatic carbocycles. The molecule has 1 amide bonds. The molecule has 0 aromatic rings. The summed E-state index contributed by atoms with van der Waals surface area (Å²) in [5.41, 5.74) is -0.832. The first-order chi connectivity index (χ1) is 6.11. The molecule has 0 rings (SSSR count). The maximum atomic E-state index is 11.8. The van der Waals surface area contributed by atoms with E-state index in [4.69, 9.17) is 4.74 Å². The molecule has 0 bridgehead atoms. The summed E-state index contributed by atoms with van der Waals surface area (Å²) < 4.78 is 40.5. The second kappa shape index (κ2) is 4.16. The molecule has 0 saturated heterocycles. The summed E-state index contributed by atoms with van der Waals surface area (Å²) in [5, 5.41) is 1.82. The third-order valence-corrected chi connectivity index (χ3v) is 2.17. The topological polar surface area (TPSA) is 38.3 Å². The fourth-order valence-electron chi connectivity index (χ4n) is 0.629. The average molecular weight is 213 g/mol. The fraction of sp³-hybridized carbons (Fsp3) is 0.875. The van der Waals surface area contributed by atoms with Crippen LogP contribution in [0.2, 0.25) is 0 Å². The number of carbonyl (C=O) groups is 1. The molecule has 1 N–H and O–H groups in total. The molecule has 1 unspecified atom stereocenters. The molecule has 0 fully saturated rings. The molecule has 0 aliphatic heterocycles. The van der Waals surface area contributed by atoms with Crippen LogP contribution in [0.25, 0.3) is 0 Å². The Morgan fingerprint density at radius 1 is 1.36 bits per heavy atom. The molecule has 0 saturated carbocycles. The van der Waals surface area contributed by atoms with Crippen LogP contribution in [0.5, 0.6) is 0 Å². The summed E-state index contributed by atoms with van der Waals surface area (Å²) in [7, 11) is 1.37. The smallest absolute Gasteiger partial charge is 0.377 e. The number of halogens is 3. The average Bonchev–Trinajstić information content (AvgIpc) is 2.02. The maximum absolute atomic E-state index is 11.8. The molecular weight excluding hydrogens is 199 g/mol. The van der Waals surface area contributed by atoms with Crippen molar-refractivity contribution in [1.29, 1.82) is 0 Å². The number of ether oxygens (including phenoxy) is 1. The molecule has 0 radical (unpaired) electrons. The number of amides is 1. The summed E-state index contributed by atoms with van der Waals surface area (Å²) in [6, 6.07) is -0.721. The van der Waals surface area contributed by atoms with Gasteiger partial charge in [0, 0.05) is 7.11 Å². The lowest BCUT2D eigenvalue weighted by molar-refractivity contribution is -0.176. The van der Waals surface area contributed by atoms with Crippen LogP contribution >= 0.6 is 0 Å². The highest BCUT2D eigenvalue weighted by molar-refractivity contribution is 5.82. The highest BCUT2D eigenvalue weighted by Gasteiger charge is 2.41. The van der Waals surface area contributed by atoms with Crippen LogP contribution in [0.4, 0.5) is 13.2 Å². The van der Waals surface area contributed by atoms with E-state index in [1.807, 2.05) is 5.32 Å². The van der Waals surface area contributed by atoms with Gasteiger partial charge in [0.15, 0.2) is 0 Å². The zero-order valence-electron chi connectivity index (χ0n) is 8.53. The molecular formula is C8H14F3NO2. The van der Waals surface area contributed by atoms with E-state index in [1.165, 1.54) is 14.0 Å². The molecule has 0 aromatic heterocycles. The van der Waals surface area contributed by atoms with Crippen molar-refractivity contribution < 1.29 is 22.7 Å². The van der Waals surface area contributed by atoms with Gasteiger partial charge in [0.2, 0.25) is 0 Å². The Balaban J connectivity index is 4.34. The minimum Gasteiger partial charge on any atom is -0.377 e. The van der Waals surface area contributed by atoms with Crippen molar-refractivity contribution >= 4 is 5.91 Å². The zero-order chi connectivity index (χ0) is 11.6. The number of hydrogen-bond donors (Lipinski definition) is 1. The summed E-state index contributed by atoms with van der Waals surface area (Å²) in [5.74, 6) is -1.95. The van der Waals surface area contributed by atoms with Crippen molar-refractivity contribution in [3.05, 3.63) is 0 Å². The lowest BCUT2D eigenvalue weighted by atomic mass is 10.0. The van der Waals surface area contributed by atoms with Gasteiger partial charge >= 0.3 is 12.1 Å². The normalized spacial score (nSPS) is 15.1. The fourth-order valence-corrected chi connectivity index (χ4v) is 0.629. The van der Waals surface area contributed by atoms with E-state index in [0.29, 0.717) is 0 Å². The van der Waals surface area contributed by atoms with Gasteiger partial charge in [0.25, 0.3) is 0 Å². The molecule has 0 aliphatic rings. The van der Waals surface area contributed by atoms with E-state index < -0.39 is 23.7 Å². The van der Waals surface area contributed by atoms with Crippen LogP contribution in [-0.2, 0) is 9.53 Å². The van der Waals surface area contributed by atoms with Crippen molar-refractivity contribution in [2.24, 2.45) is 0 Å². The van der Waals surface area contributed by atoms with Gasteiger partial charge < -0.3 is 10.1 Å². The zero-order valence-corrected chi connectivity index (χ0v) is 8.53. The predicted octanol–water partition coefficient (Wildman–Crippen LogP) is 1.48. The number of rotatable bonds is 3. The quantitative estimate of drug-likeness (QED) is 0.771. The number of methoxy groups -OCH3 is 1. The maximum Gasteiger partial charge on any atom is 0.471 e. The van der Waals surface area contributed by atoms with Crippen LogP contribution in [0.3, 0.4) is 0 Å². The highest BCUT2D eigenvalue weighted by Crippen LogP contribution is 2.18. The standard InChI is InChI=1S/C8H14F3NO2/c1-5(7(2,3)14-4)12-6(13)8(9,10)11/h5H,1-4H3,(H,12,13). The minimum atomic E-state index is -4.85. The predicted molar refractivity (Wildman–Crippen MR) is 44.7 cm³/mol. The Bertz CT molecular complexity index is 213. The van der Waals surface area contributed by atoms with E-state index >= 15 is 0 Å². The summed E-state index contributed by atoms with van der Waals surface area (Å²) in [4.78, 5) is 10.5. The lowest BCUT2D eigenvalue weighted by Gasteiger charge is -2.31. The molecule has 14 heavy (non-hydrogen) atoms. The number of carbonyl (C=O) groups excluding carboxylic acids is 1. The van der Waals surface area contributed by atoms with E-state index in [0.717, 1.165) is 0 Å². The number of nitrogens with one attached hydrogen (secondary N) is 1. The lowest BCUT2D eigenvalue weighted by Crippen LogP contribution is -2.51. The van der Waals surface area contributed by atoms with Crippen LogP contribution < -0.4 is 5.32 Å². The third kappa shape index (κ3) is 3.53. The Kier molecular flexibility index (Phi) is 3.93. The summed E-state index contributed by atoms with van der Waals surface area (Å²) in [6.07, 6.45) is -4.85. The van der Waals surface area contributed by atoms with Crippen molar-refractivity contribution in [3.8, 4) is 0 Å². The molecule has 0 heterocycles. The summed E-state index contributed by atoms with van der Waals surface area (Å²) in [6.45, 7) is 4.63. The van der Waals surface area contributed by atoms with Gasteiger partial charge in [0.1, 0.15) is 0 Å². The Hall–Kier alpha value is -0.780. The van der Waals surface area contributed by atoms with Crippen LogP contribution in [0.15, 0.2) is 0 Å². The Labute approximate surface area is 80.6 Å². The second-order valence-corrected chi connectivity index (χ2v) is 3.50. The van der Waals surface area contributed by atoms with Gasteiger partial charge in [-0.15, -0.1) is 0 Å². The Morgan fingerprint density at radius 2 is 1.79 bits per heavy atom. The largest absolute Gasteiger partial charge is 0.471 e. The summed E-state index contributed by atoms with van der Waals surface area (Å²) >= 11 is 0. The first-order valence-electron chi connectivity index (χ1n) is 4.04. The van der Waals surface area contributed by atoms with Gasteiger partial charge in [0.05, 0.1) is 11.6 Å². The van der Waals surface area contributed by atoms with Gasteiger partial charge in [-0.05, 0) is 20.8 Å². The van der Waals surface area contributed by atoms with Gasteiger partial charge in [-0.2, -0.15) is 13.2 Å². The number of alkyl halides is 3. The Morgan fingerprint density at radius 3 is 2.07 bits per heavy atom. The van der Waals surface area contributed by atoms with E-state index in [9.17, 15) is 18.0 Å². The molecule has 3 nitrogen and oxygen atoms in total. The molecule has 0 aromatic carbocycles. The van der Waals surface area contributed by atoms with E-state index in [-0.39, 0.29) is 0 Å². The van der Waals surface area contributed by atoms with Crippen LogP contribution in [0.1, 0.15) is 20.8 Å². The minimum absolute atomic E-state index is 0.721. The van der Waals surface area contributed by atoms with Crippen molar-refractivity contribution in [1.82, 2.24) is 5.32 Å². The van der Waals surface area contributed by atoms with Crippen LogP contribution in [-0.4, -0.2) is 30.8 Å². The molecule has 6 heteroatoms. The second-order valence-electron chi connectivity index (χ2n) is 3.50. The van der Waals surface area contributed by atoms with Gasteiger partial charge in [-0.1, -0.05) is 0 Å². The highest BCUT2D eigenvalue weighted by atomic mass is 19.4. The van der Waals surface area contributed by atoms with E-state index in [2.05, 4.69) is 0 Å². The molecule has 1 atom stereocenters. The van der Waals surface area contributed by atoms with E-state index in [1.54, 1.807) is 13.8 Å². The monoisotopic (exact) mass is 213 g/mol. The van der Waals surface area contributed by atoms with Gasteiger partial charge in [-0.25, -0.2) is 0 Å². The van der Waals surface area contributed by atoms with Crippen molar-refractivity contribution in [3.63, 3.8) is 0 Å². The SMILES string of the molecule is COC(C)(C)C(C)NC(=O)C(F)(F)F. The molecule has 84 valence electrons. The number of hydrogen-bond acceptors (Lipinski definition) is 2. The van der Waals surface area contributed by atoms with Crippen LogP contribution in [0, 0.1) is 0 Å². The first-order valence-corrected chi connectivity index (χ1v) is 4.04.